The lowest BCUT2D eigenvalue weighted by atomic mass is 10.0. The van der Waals surface area contributed by atoms with Crippen LogP contribution in [0.2, 0.25) is 0 Å². The van der Waals surface area contributed by atoms with Gasteiger partial charge in [0.15, 0.2) is 0 Å². The molecule has 1 heterocycles. The lowest BCUT2D eigenvalue weighted by Crippen LogP contribution is -2.24. The van der Waals surface area contributed by atoms with E-state index >= 15 is 0 Å². The average molecular weight is 236 g/mol. The SMILES string of the molecule is CC1CCCN(Cc2cc(N)cc(F)c2)CC1. The van der Waals surface area contributed by atoms with E-state index in [1.165, 1.54) is 25.3 Å². The first-order chi connectivity index (χ1) is 8.13. The molecule has 94 valence electrons. The molecular formula is C14H21FN2. The third-order valence-electron chi connectivity index (χ3n) is 3.50. The molecule has 2 nitrogen and oxygen atoms in total. The lowest BCUT2D eigenvalue weighted by molar-refractivity contribution is 0.273. The highest BCUT2D eigenvalue weighted by Gasteiger charge is 2.14. The van der Waals surface area contributed by atoms with Crippen molar-refractivity contribution in [1.29, 1.82) is 0 Å². The summed E-state index contributed by atoms with van der Waals surface area (Å²) < 4.78 is 13.2. The predicted octanol–water partition coefficient (Wildman–Crippen LogP) is 3.03. The smallest absolute Gasteiger partial charge is 0.125 e. The Labute approximate surface area is 103 Å². The second-order valence-electron chi connectivity index (χ2n) is 5.21. The summed E-state index contributed by atoms with van der Waals surface area (Å²) in [6.07, 6.45) is 3.79. The zero-order valence-corrected chi connectivity index (χ0v) is 10.5. The first kappa shape index (κ1) is 12.4. The summed E-state index contributed by atoms with van der Waals surface area (Å²) in [7, 11) is 0. The van der Waals surface area contributed by atoms with Crippen LogP contribution in [0.3, 0.4) is 0 Å². The van der Waals surface area contributed by atoms with E-state index in [0.717, 1.165) is 31.1 Å². The van der Waals surface area contributed by atoms with E-state index in [9.17, 15) is 4.39 Å². The highest BCUT2D eigenvalue weighted by atomic mass is 19.1. The Morgan fingerprint density at radius 2 is 2.12 bits per heavy atom. The van der Waals surface area contributed by atoms with Gasteiger partial charge >= 0.3 is 0 Å². The van der Waals surface area contributed by atoms with E-state index in [2.05, 4.69) is 11.8 Å². The van der Waals surface area contributed by atoms with E-state index in [0.29, 0.717) is 5.69 Å². The molecule has 0 spiro atoms. The van der Waals surface area contributed by atoms with Crippen LogP contribution in [0.15, 0.2) is 18.2 Å². The molecular weight excluding hydrogens is 215 g/mol. The fourth-order valence-corrected chi connectivity index (χ4v) is 2.51. The van der Waals surface area contributed by atoms with Crippen molar-refractivity contribution < 1.29 is 4.39 Å². The summed E-state index contributed by atoms with van der Waals surface area (Å²) in [5, 5.41) is 0. The molecule has 1 aliphatic rings. The Balaban J connectivity index is 1.99. The minimum Gasteiger partial charge on any atom is -0.399 e. The number of halogens is 1. The minimum atomic E-state index is -0.233. The molecule has 0 saturated carbocycles. The molecule has 2 rings (SSSR count). The van der Waals surface area contributed by atoms with Gasteiger partial charge in [-0.15, -0.1) is 0 Å². The highest BCUT2D eigenvalue weighted by Crippen LogP contribution is 2.19. The van der Waals surface area contributed by atoms with Crippen molar-refractivity contribution in [2.24, 2.45) is 5.92 Å². The minimum absolute atomic E-state index is 0.233. The summed E-state index contributed by atoms with van der Waals surface area (Å²) in [6.45, 7) is 5.34. The summed E-state index contributed by atoms with van der Waals surface area (Å²) in [6, 6.07) is 4.83. The maximum Gasteiger partial charge on any atom is 0.125 e. The van der Waals surface area contributed by atoms with Gasteiger partial charge in [-0.3, -0.25) is 4.90 Å². The number of rotatable bonds is 2. The molecule has 1 aromatic rings. The third-order valence-corrected chi connectivity index (χ3v) is 3.50. The van der Waals surface area contributed by atoms with E-state index in [4.69, 9.17) is 5.73 Å². The van der Waals surface area contributed by atoms with Crippen LogP contribution in [0.5, 0.6) is 0 Å². The predicted molar refractivity (Wildman–Crippen MR) is 69.1 cm³/mol. The summed E-state index contributed by atoms with van der Waals surface area (Å²) in [4.78, 5) is 2.40. The second kappa shape index (κ2) is 5.50. The number of hydrogen-bond acceptors (Lipinski definition) is 2. The zero-order valence-electron chi connectivity index (χ0n) is 10.5. The lowest BCUT2D eigenvalue weighted by Gasteiger charge is -2.20. The largest absolute Gasteiger partial charge is 0.399 e. The molecule has 1 aliphatic heterocycles. The van der Waals surface area contributed by atoms with Gasteiger partial charge in [-0.1, -0.05) is 6.92 Å². The van der Waals surface area contributed by atoms with Gasteiger partial charge in [-0.25, -0.2) is 4.39 Å². The number of likely N-dealkylation sites (tertiary alicyclic amines) is 1. The first-order valence-electron chi connectivity index (χ1n) is 6.41. The van der Waals surface area contributed by atoms with Crippen LogP contribution in [0.25, 0.3) is 0 Å². The molecule has 1 atom stereocenters. The number of anilines is 1. The Bertz CT molecular complexity index is 358. The van der Waals surface area contributed by atoms with Crippen molar-refractivity contribution in [1.82, 2.24) is 4.90 Å². The topological polar surface area (TPSA) is 29.3 Å². The Kier molecular flexibility index (Phi) is 4.00. The van der Waals surface area contributed by atoms with Crippen LogP contribution >= 0.6 is 0 Å². The van der Waals surface area contributed by atoms with Gasteiger partial charge < -0.3 is 5.73 Å². The van der Waals surface area contributed by atoms with Crippen molar-refractivity contribution in [3.05, 3.63) is 29.6 Å². The fourth-order valence-electron chi connectivity index (χ4n) is 2.51. The van der Waals surface area contributed by atoms with Crippen LogP contribution in [0.1, 0.15) is 31.7 Å². The van der Waals surface area contributed by atoms with Gasteiger partial charge in [0.1, 0.15) is 5.82 Å². The first-order valence-corrected chi connectivity index (χ1v) is 6.41. The second-order valence-corrected chi connectivity index (χ2v) is 5.21. The van der Waals surface area contributed by atoms with Gasteiger partial charge in [0.2, 0.25) is 0 Å². The molecule has 17 heavy (non-hydrogen) atoms. The third kappa shape index (κ3) is 3.70. The molecule has 0 amide bonds. The van der Waals surface area contributed by atoms with Crippen molar-refractivity contribution >= 4 is 5.69 Å². The summed E-state index contributed by atoms with van der Waals surface area (Å²) >= 11 is 0. The number of nitrogens with two attached hydrogens (primary N) is 1. The van der Waals surface area contributed by atoms with Crippen molar-refractivity contribution in [2.75, 3.05) is 18.8 Å². The zero-order chi connectivity index (χ0) is 12.3. The standard InChI is InChI=1S/C14H21FN2/c1-11-3-2-5-17(6-4-11)10-12-7-13(15)9-14(16)8-12/h7-9,11H,2-6,10,16H2,1H3. The molecule has 2 N–H and O–H groups in total. The van der Waals surface area contributed by atoms with E-state index < -0.39 is 0 Å². The molecule has 0 aliphatic carbocycles. The van der Waals surface area contributed by atoms with E-state index in [1.807, 2.05) is 6.07 Å². The molecule has 3 heteroatoms. The quantitative estimate of drug-likeness (QED) is 0.800. The molecule has 1 fully saturated rings. The van der Waals surface area contributed by atoms with Gasteiger partial charge in [-0.05, 0) is 62.0 Å². The van der Waals surface area contributed by atoms with Crippen LogP contribution in [-0.2, 0) is 6.54 Å². The number of nitrogen functional groups attached to an aromatic ring is 1. The van der Waals surface area contributed by atoms with Gasteiger partial charge in [0.05, 0.1) is 0 Å². The molecule has 1 aromatic carbocycles. The summed E-state index contributed by atoms with van der Waals surface area (Å²) in [5.41, 5.74) is 7.16. The van der Waals surface area contributed by atoms with Crippen LogP contribution in [0.4, 0.5) is 10.1 Å². The van der Waals surface area contributed by atoms with Crippen LogP contribution in [0, 0.1) is 11.7 Å². The monoisotopic (exact) mass is 236 g/mol. The maximum atomic E-state index is 13.2. The molecule has 1 saturated heterocycles. The number of benzene rings is 1. The number of hydrogen-bond donors (Lipinski definition) is 1. The molecule has 0 radical (unpaired) electrons. The van der Waals surface area contributed by atoms with Gasteiger partial charge in [0, 0.05) is 12.2 Å². The Morgan fingerprint density at radius 3 is 2.88 bits per heavy atom. The van der Waals surface area contributed by atoms with Crippen molar-refractivity contribution in [3.63, 3.8) is 0 Å². The molecule has 1 unspecified atom stereocenters. The average Bonchev–Trinajstić information content (AvgIpc) is 2.42. The van der Waals surface area contributed by atoms with Gasteiger partial charge in [-0.2, -0.15) is 0 Å². The Hall–Kier alpha value is -1.09. The van der Waals surface area contributed by atoms with Crippen molar-refractivity contribution in [2.45, 2.75) is 32.7 Å². The van der Waals surface area contributed by atoms with E-state index in [-0.39, 0.29) is 5.82 Å². The highest BCUT2D eigenvalue weighted by molar-refractivity contribution is 5.41. The van der Waals surface area contributed by atoms with Crippen LogP contribution in [-0.4, -0.2) is 18.0 Å². The maximum absolute atomic E-state index is 13.2. The molecule has 0 aromatic heterocycles. The summed E-state index contributed by atoms with van der Waals surface area (Å²) in [5.74, 6) is 0.584. The fraction of sp³-hybridized carbons (Fsp3) is 0.571. The van der Waals surface area contributed by atoms with Crippen LogP contribution < -0.4 is 5.73 Å². The van der Waals surface area contributed by atoms with Crippen molar-refractivity contribution in [3.8, 4) is 0 Å². The van der Waals surface area contributed by atoms with Gasteiger partial charge in [0.25, 0.3) is 0 Å². The van der Waals surface area contributed by atoms with E-state index in [1.54, 1.807) is 6.07 Å². The Morgan fingerprint density at radius 1 is 1.29 bits per heavy atom. The number of nitrogens with zero attached hydrogens (tertiary/aromatic N) is 1. The molecule has 0 bridgehead atoms. The normalized spacial score (nSPS) is 22.4.